The Bertz CT molecular complexity index is 867. The van der Waals surface area contributed by atoms with E-state index < -0.39 is 0 Å². The molecule has 5 heteroatoms. The van der Waals surface area contributed by atoms with E-state index in [1.807, 2.05) is 42.5 Å². The lowest BCUT2D eigenvalue weighted by Gasteiger charge is -2.06. The molecule has 3 aromatic rings. The number of esters is 1. The van der Waals surface area contributed by atoms with Gasteiger partial charge in [0, 0.05) is 23.2 Å². The van der Waals surface area contributed by atoms with Gasteiger partial charge in [-0.1, -0.05) is 30.3 Å². The first kappa shape index (κ1) is 13.9. The zero-order valence-corrected chi connectivity index (χ0v) is 12.9. The average Bonchev–Trinajstić information content (AvgIpc) is 3.34. The molecule has 4 rings (SSSR count). The summed E-state index contributed by atoms with van der Waals surface area (Å²) in [6.45, 7) is 2.14. The molecular formula is C18H17N3O2. The maximum Gasteiger partial charge on any atom is 0.357 e. The average molecular weight is 307 g/mol. The summed E-state index contributed by atoms with van der Waals surface area (Å²) in [5.74, 6) is 0.104. The highest BCUT2D eigenvalue weighted by Gasteiger charge is 2.28. The van der Waals surface area contributed by atoms with Crippen LogP contribution in [0.15, 0.2) is 42.5 Å². The monoisotopic (exact) mass is 307 g/mol. The van der Waals surface area contributed by atoms with Crippen molar-refractivity contribution >= 4 is 11.6 Å². The van der Waals surface area contributed by atoms with Crippen LogP contribution in [0.5, 0.6) is 0 Å². The van der Waals surface area contributed by atoms with Gasteiger partial charge in [0.25, 0.3) is 0 Å². The number of hydrogen-bond donors (Lipinski definition) is 0. The van der Waals surface area contributed by atoms with Gasteiger partial charge >= 0.3 is 5.97 Å². The third-order valence-corrected chi connectivity index (χ3v) is 4.00. The number of fused-ring (bicyclic) bond motifs is 1. The summed E-state index contributed by atoms with van der Waals surface area (Å²) >= 11 is 0. The van der Waals surface area contributed by atoms with Gasteiger partial charge in [-0.05, 0) is 25.8 Å². The van der Waals surface area contributed by atoms with Crippen molar-refractivity contribution < 1.29 is 9.53 Å². The Labute approximate surface area is 133 Å². The molecule has 1 aromatic carbocycles. The smallest absolute Gasteiger partial charge is 0.357 e. The highest BCUT2D eigenvalue weighted by molar-refractivity contribution is 5.88. The van der Waals surface area contributed by atoms with Gasteiger partial charge in [0.05, 0.1) is 12.3 Å². The van der Waals surface area contributed by atoms with Crippen molar-refractivity contribution in [3.05, 3.63) is 53.9 Å². The Morgan fingerprint density at radius 1 is 1.26 bits per heavy atom. The third-order valence-electron chi connectivity index (χ3n) is 4.00. The van der Waals surface area contributed by atoms with Gasteiger partial charge in [-0.25, -0.2) is 14.3 Å². The van der Waals surface area contributed by atoms with E-state index in [0.29, 0.717) is 23.9 Å². The number of carbonyl (C=O) groups is 1. The van der Waals surface area contributed by atoms with E-state index in [9.17, 15) is 4.79 Å². The van der Waals surface area contributed by atoms with Crippen molar-refractivity contribution in [1.29, 1.82) is 0 Å². The fourth-order valence-corrected chi connectivity index (χ4v) is 2.68. The summed E-state index contributed by atoms with van der Waals surface area (Å²) in [6, 6.07) is 13.6. The quantitative estimate of drug-likeness (QED) is 0.693. The van der Waals surface area contributed by atoms with Gasteiger partial charge in [-0.3, -0.25) is 0 Å². The maximum atomic E-state index is 12.3. The summed E-state index contributed by atoms with van der Waals surface area (Å²) in [6.07, 6.45) is 2.26. The minimum Gasteiger partial charge on any atom is -0.461 e. The van der Waals surface area contributed by atoms with Gasteiger partial charge in [-0.2, -0.15) is 5.10 Å². The van der Waals surface area contributed by atoms with Crippen molar-refractivity contribution in [3.8, 4) is 11.3 Å². The highest BCUT2D eigenvalue weighted by atomic mass is 16.5. The molecule has 1 fully saturated rings. The normalized spacial score (nSPS) is 14.1. The van der Waals surface area contributed by atoms with Gasteiger partial charge in [0.1, 0.15) is 0 Å². The number of rotatable bonds is 4. The van der Waals surface area contributed by atoms with Crippen molar-refractivity contribution in [2.75, 3.05) is 6.61 Å². The van der Waals surface area contributed by atoms with Gasteiger partial charge in [0.15, 0.2) is 11.3 Å². The zero-order chi connectivity index (χ0) is 15.8. The van der Waals surface area contributed by atoms with E-state index in [0.717, 1.165) is 29.8 Å². The molecule has 0 aliphatic heterocycles. The lowest BCUT2D eigenvalue weighted by Crippen LogP contribution is -2.13. The first-order valence-corrected chi connectivity index (χ1v) is 7.89. The summed E-state index contributed by atoms with van der Waals surface area (Å²) in [5, 5.41) is 4.56. The molecule has 2 heterocycles. The minimum atomic E-state index is -0.357. The highest BCUT2D eigenvalue weighted by Crippen LogP contribution is 2.39. The number of ether oxygens (including phenoxy) is 1. The van der Waals surface area contributed by atoms with Crippen molar-refractivity contribution in [1.82, 2.24) is 14.6 Å². The molecule has 0 radical (unpaired) electrons. The molecule has 0 amide bonds. The Balaban J connectivity index is 1.88. The van der Waals surface area contributed by atoms with E-state index in [-0.39, 0.29) is 5.97 Å². The van der Waals surface area contributed by atoms with E-state index in [4.69, 9.17) is 4.74 Å². The van der Waals surface area contributed by atoms with Crippen LogP contribution in [0.4, 0.5) is 0 Å². The largest absolute Gasteiger partial charge is 0.461 e. The van der Waals surface area contributed by atoms with Crippen LogP contribution < -0.4 is 0 Å². The number of carbonyl (C=O) groups excluding carboxylic acids is 1. The van der Waals surface area contributed by atoms with Crippen LogP contribution in [-0.4, -0.2) is 27.2 Å². The molecule has 0 spiro atoms. The topological polar surface area (TPSA) is 56.5 Å². The lowest BCUT2D eigenvalue weighted by molar-refractivity contribution is 0.0516. The first-order chi connectivity index (χ1) is 11.3. The van der Waals surface area contributed by atoms with Crippen LogP contribution in [0.25, 0.3) is 16.9 Å². The van der Waals surface area contributed by atoms with E-state index in [1.54, 1.807) is 11.4 Å². The Morgan fingerprint density at radius 3 is 2.74 bits per heavy atom. The fourth-order valence-electron chi connectivity index (χ4n) is 2.68. The zero-order valence-electron chi connectivity index (χ0n) is 12.9. The van der Waals surface area contributed by atoms with Crippen LogP contribution in [0.3, 0.4) is 0 Å². The summed E-state index contributed by atoms with van der Waals surface area (Å²) in [5.41, 5.74) is 3.90. The molecule has 0 atom stereocenters. The molecule has 23 heavy (non-hydrogen) atoms. The van der Waals surface area contributed by atoms with Crippen LogP contribution in [0, 0.1) is 0 Å². The minimum absolute atomic E-state index is 0.341. The Morgan fingerprint density at radius 2 is 2.04 bits per heavy atom. The van der Waals surface area contributed by atoms with Gasteiger partial charge in [0.2, 0.25) is 0 Å². The molecule has 0 bridgehead atoms. The predicted octanol–water partition coefficient (Wildman–Crippen LogP) is 3.45. The molecule has 1 saturated carbocycles. The first-order valence-electron chi connectivity index (χ1n) is 7.89. The number of nitrogens with zero attached hydrogens (tertiary/aromatic N) is 3. The molecular weight excluding hydrogens is 290 g/mol. The standard InChI is InChI=1S/C18H17N3O2/c1-2-23-18(22)16-10-14(13-8-9-13)19-17-11-15(20-21(16)17)12-6-4-3-5-7-12/h3-7,10-11,13H,2,8-9H2,1H3. The summed E-state index contributed by atoms with van der Waals surface area (Å²) in [7, 11) is 0. The van der Waals surface area contributed by atoms with Crippen molar-refractivity contribution in [2.24, 2.45) is 0 Å². The van der Waals surface area contributed by atoms with E-state index in [1.165, 1.54) is 0 Å². The second-order valence-corrected chi connectivity index (χ2v) is 5.73. The second kappa shape index (κ2) is 5.50. The van der Waals surface area contributed by atoms with E-state index >= 15 is 0 Å². The van der Waals surface area contributed by atoms with E-state index in [2.05, 4.69) is 10.1 Å². The molecule has 116 valence electrons. The number of hydrogen-bond acceptors (Lipinski definition) is 4. The molecule has 1 aliphatic rings. The van der Waals surface area contributed by atoms with Gasteiger partial charge in [-0.15, -0.1) is 0 Å². The van der Waals surface area contributed by atoms with Gasteiger partial charge < -0.3 is 4.74 Å². The molecule has 0 saturated heterocycles. The maximum absolute atomic E-state index is 12.3. The Hall–Kier alpha value is -2.69. The Kier molecular flexibility index (Phi) is 3.33. The van der Waals surface area contributed by atoms with Crippen molar-refractivity contribution in [2.45, 2.75) is 25.7 Å². The lowest BCUT2D eigenvalue weighted by atomic mass is 10.2. The van der Waals surface area contributed by atoms with Crippen LogP contribution in [0.2, 0.25) is 0 Å². The predicted molar refractivity (Wildman–Crippen MR) is 86.4 cm³/mol. The molecule has 0 N–H and O–H groups in total. The number of aromatic nitrogens is 3. The molecule has 2 aromatic heterocycles. The second-order valence-electron chi connectivity index (χ2n) is 5.73. The van der Waals surface area contributed by atoms with Crippen LogP contribution in [0.1, 0.15) is 41.9 Å². The fraction of sp³-hybridized carbons (Fsp3) is 0.278. The molecule has 1 aliphatic carbocycles. The molecule has 0 unspecified atom stereocenters. The summed E-state index contributed by atoms with van der Waals surface area (Å²) in [4.78, 5) is 17.0. The van der Waals surface area contributed by atoms with Crippen LogP contribution >= 0.6 is 0 Å². The number of benzene rings is 1. The van der Waals surface area contributed by atoms with Crippen molar-refractivity contribution in [3.63, 3.8) is 0 Å². The SMILES string of the molecule is CCOC(=O)c1cc(C2CC2)nc2cc(-c3ccccc3)nn12. The third kappa shape index (κ3) is 2.59. The molecule has 5 nitrogen and oxygen atoms in total. The summed E-state index contributed by atoms with van der Waals surface area (Å²) < 4.78 is 6.77. The van der Waals surface area contributed by atoms with Crippen LogP contribution in [-0.2, 0) is 4.74 Å².